The van der Waals surface area contributed by atoms with E-state index in [4.69, 9.17) is 0 Å². The van der Waals surface area contributed by atoms with Crippen LogP contribution in [0.3, 0.4) is 0 Å². The molecule has 1 saturated carbocycles. The Morgan fingerprint density at radius 2 is 1.85 bits per heavy atom. The molecule has 1 aliphatic carbocycles. The maximum absolute atomic E-state index is 14.1. The van der Waals surface area contributed by atoms with E-state index in [2.05, 4.69) is 21.2 Å². The Morgan fingerprint density at radius 3 is 2.45 bits per heavy atom. The van der Waals surface area contributed by atoms with E-state index in [1.165, 1.54) is 37.8 Å². The van der Waals surface area contributed by atoms with Crippen molar-refractivity contribution in [3.8, 4) is 0 Å². The predicted molar refractivity (Wildman–Crippen MR) is 81.8 cm³/mol. The van der Waals surface area contributed by atoms with Gasteiger partial charge in [0.1, 0.15) is 11.6 Å². The molecule has 0 amide bonds. The van der Waals surface area contributed by atoms with E-state index in [-0.39, 0.29) is 11.6 Å². The molecule has 0 radical (unpaired) electrons. The Hall–Kier alpha value is -0.480. The first-order chi connectivity index (χ1) is 9.63. The summed E-state index contributed by atoms with van der Waals surface area (Å²) in [6, 6.07) is 2.91. The van der Waals surface area contributed by atoms with Crippen LogP contribution in [0.25, 0.3) is 0 Å². The van der Waals surface area contributed by atoms with Crippen molar-refractivity contribution in [1.82, 2.24) is 5.32 Å². The highest BCUT2D eigenvalue weighted by Gasteiger charge is 2.24. The van der Waals surface area contributed by atoms with Gasteiger partial charge in [0.25, 0.3) is 0 Å². The summed E-state index contributed by atoms with van der Waals surface area (Å²) < 4.78 is 28.3. The summed E-state index contributed by atoms with van der Waals surface area (Å²) >= 11 is 3.14. The largest absolute Gasteiger partial charge is 0.316 e. The first-order valence-corrected chi connectivity index (χ1v) is 8.22. The monoisotopic (exact) mass is 345 g/mol. The lowest BCUT2D eigenvalue weighted by molar-refractivity contribution is 0.326. The molecule has 1 aromatic carbocycles. The van der Waals surface area contributed by atoms with Crippen molar-refractivity contribution in [2.45, 2.75) is 51.0 Å². The zero-order valence-corrected chi connectivity index (χ0v) is 13.5. The van der Waals surface area contributed by atoms with Gasteiger partial charge in [-0.15, -0.1) is 0 Å². The number of hydrogen-bond acceptors (Lipinski definition) is 1. The number of benzene rings is 1. The van der Waals surface area contributed by atoms with Gasteiger partial charge in [0.15, 0.2) is 0 Å². The fourth-order valence-corrected chi connectivity index (χ4v) is 3.57. The van der Waals surface area contributed by atoms with Gasteiger partial charge in [0, 0.05) is 11.6 Å². The third kappa shape index (κ3) is 3.79. The quantitative estimate of drug-likeness (QED) is 0.608. The van der Waals surface area contributed by atoms with Gasteiger partial charge in [-0.3, -0.25) is 0 Å². The topological polar surface area (TPSA) is 12.0 Å². The minimum atomic E-state index is -0.459. The molecule has 1 atom stereocenters. The molecular weight excluding hydrogens is 324 g/mol. The Balaban J connectivity index is 2.15. The SMILES string of the molecule is CNC(Cc1c(F)ccc(Br)c1F)C1CCCCCC1. The minimum absolute atomic E-state index is 0.145. The summed E-state index contributed by atoms with van der Waals surface area (Å²) in [7, 11) is 1.89. The third-order valence-corrected chi connectivity index (χ3v) is 5.02. The molecule has 4 heteroatoms. The summed E-state index contributed by atoms with van der Waals surface area (Å²) in [5, 5.41) is 3.27. The zero-order valence-electron chi connectivity index (χ0n) is 11.9. The third-order valence-electron chi connectivity index (χ3n) is 4.40. The van der Waals surface area contributed by atoms with Crippen molar-refractivity contribution in [2.75, 3.05) is 7.05 Å². The Kier molecular flexibility index (Phi) is 5.97. The molecule has 1 unspecified atom stereocenters. The highest BCUT2D eigenvalue weighted by molar-refractivity contribution is 9.10. The van der Waals surface area contributed by atoms with Crippen molar-refractivity contribution >= 4 is 15.9 Å². The highest BCUT2D eigenvalue weighted by atomic mass is 79.9. The van der Waals surface area contributed by atoms with Gasteiger partial charge in [0.05, 0.1) is 4.47 Å². The normalized spacial score (nSPS) is 18.8. The van der Waals surface area contributed by atoms with E-state index < -0.39 is 11.6 Å². The molecule has 1 aliphatic rings. The summed E-state index contributed by atoms with van der Waals surface area (Å²) in [6.45, 7) is 0. The molecule has 1 fully saturated rings. The van der Waals surface area contributed by atoms with Crippen LogP contribution in [-0.4, -0.2) is 13.1 Å². The summed E-state index contributed by atoms with van der Waals surface area (Å²) in [6.07, 6.45) is 7.75. The molecule has 0 bridgehead atoms. The van der Waals surface area contributed by atoms with Gasteiger partial charge < -0.3 is 5.32 Å². The van der Waals surface area contributed by atoms with Crippen LogP contribution in [0.1, 0.15) is 44.1 Å². The van der Waals surface area contributed by atoms with Crippen LogP contribution in [0.5, 0.6) is 0 Å². The van der Waals surface area contributed by atoms with Crippen LogP contribution >= 0.6 is 15.9 Å². The summed E-state index contributed by atoms with van der Waals surface area (Å²) in [5.74, 6) is -0.390. The summed E-state index contributed by atoms with van der Waals surface area (Å²) in [4.78, 5) is 0. The molecule has 1 aromatic rings. The van der Waals surface area contributed by atoms with Gasteiger partial charge in [-0.25, -0.2) is 8.78 Å². The Morgan fingerprint density at radius 1 is 1.20 bits per heavy atom. The first kappa shape index (κ1) is 15.9. The smallest absolute Gasteiger partial charge is 0.143 e. The molecule has 1 N–H and O–H groups in total. The average molecular weight is 346 g/mol. The second-order valence-electron chi connectivity index (χ2n) is 5.67. The van der Waals surface area contributed by atoms with Gasteiger partial charge >= 0.3 is 0 Å². The van der Waals surface area contributed by atoms with Gasteiger partial charge in [-0.2, -0.15) is 0 Å². The fraction of sp³-hybridized carbons (Fsp3) is 0.625. The van der Waals surface area contributed by atoms with Crippen molar-refractivity contribution < 1.29 is 8.78 Å². The van der Waals surface area contributed by atoms with Crippen molar-refractivity contribution in [1.29, 1.82) is 0 Å². The van der Waals surface area contributed by atoms with E-state index in [0.717, 1.165) is 12.8 Å². The minimum Gasteiger partial charge on any atom is -0.316 e. The number of hydrogen-bond donors (Lipinski definition) is 1. The lowest BCUT2D eigenvalue weighted by atomic mass is 9.87. The van der Waals surface area contributed by atoms with E-state index >= 15 is 0 Å². The van der Waals surface area contributed by atoms with E-state index in [0.29, 0.717) is 16.8 Å². The van der Waals surface area contributed by atoms with Gasteiger partial charge in [0.2, 0.25) is 0 Å². The van der Waals surface area contributed by atoms with Gasteiger partial charge in [-0.05, 0) is 60.3 Å². The molecule has 112 valence electrons. The maximum Gasteiger partial charge on any atom is 0.143 e. The van der Waals surface area contributed by atoms with Gasteiger partial charge in [-0.1, -0.05) is 25.7 Å². The second-order valence-corrected chi connectivity index (χ2v) is 6.53. The van der Waals surface area contributed by atoms with Crippen LogP contribution in [0.4, 0.5) is 8.78 Å². The number of nitrogens with one attached hydrogen (secondary N) is 1. The molecule has 0 aromatic heterocycles. The number of rotatable bonds is 4. The van der Waals surface area contributed by atoms with E-state index in [1.807, 2.05) is 7.05 Å². The van der Waals surface area contributed by atoms with E-state index in [9.17, 15) is 8.78 Å². The van der Waals surface area contributed by atoms with Crippen LogP contribution in [0, 0.1) is 17.6 Å². The average Bonchev–Trinajstić information content (AvgIpc) is 2.72. The van der Waals surface area contributed by atoms with Crippen LogP contribution < -0.4 is 5.32 Å². The molecule has 1 nitrogen and oxygen atoms in total. The number of halogens is 3. The standard InChI is InChI=1S/C16H22BrF2N/c1-20-15(11-6-4-2-3-5-7-11)10-12-14(18)9-8-13(17)16(12)19/h8-9,11,15,20H,2-7,10H2,1H3. The lowest BCUT2D eigenvalue weighted by Crippen LogP contribution is -2.36. The molecule has 0 aliphatic heterocycles. The number of likely N-dealkylation sites (N-methyl/N-ethyl adjacent to an activating group) is 1. The lowest BCUT2D eigenvalue weighted by Gasteiger charge is -2.26. The Labute approximate surface area is 128 Å². The highest BCUT2D eigenvalue weighted by Crippen LogP contribution is 2.29. The van der Waals surface area contributed by atoms with Crippen molar-refractivity contribution in [3.05, 3.63) is 33.8 Å². The maximum atomic E-state index is 14.1. The summed E-state index contributed by atoms with van der Waals surface area (Å²) in [5.41, 5.74) is 0.197. The first-order valence-electron chi connectivity index (χ1n) is 7.43. The second kappa shape index (κ2) is 7.51. The van der Waals surface area contributed by atoms with Crippen molar-refractivity contribution in [2.24, 2.45) is 5.92 Å². The van der Waals surface area contributed by atoms with Crippen LogP contribution in [0.2, 0.25) is 0 Å². The molecule has 20 heavy (non-hydrogen) atoms. The molecule has 0 spiro atoms. The molecule has 0 saturated heterocycles. The molecular formula is C16H22BrF2N. The van der Waals surface area contributed by atoms with Crippen LogP contribution in [0.15, 0.2) is 16.6 Å². The fourth-order valence-electron chi connectivity index (χ4n) is 3.19. The molecule has 2 rings (SSSR count). The molecule has 0 heterocycles. The van der Waals surface area contributed by atoms with E-state index in [1.54, 1.807) is 0 Å². The zero-order chi connectivity index (χ0) is 14.5. The predicted octanol–water partition coefficient (Wildman–Crippen LogP) is 4.83. The van der Waals surface area contributed by atoms with Crippen molar-refractivity contribution in [3.63, 3.8) is 0 Å². The van der Waals surface area contributed by atoms with Crippen LogP contribution in [-0.2, 0) is 6.42 Å². The Bertz CT molecular complexity index is 442.